The summed E-state index contributed by atoms with van der Waals surface area (Å²) in [4.78, 5) is 13.7. The molecule has 0 spiro atoms. The molecule has 0 aliphatic carbocycles. The number of fused-ring (bicyclic) bond motifs is 1. The lowest BCUT2D eigenvalue weighted by Crippen LogP contribution is -2.28. The van der Waals surface area contributed by atoms with E-state index in [-0.39, 0.29) is 12.5 Å². The number of nitrogens with two attached hydrogens (primary N) is 1. The molecule has 0 aliphatic heterocycles. The number of carbonyl (C=O) groups is 1. The van der Waals surface area contributed by atoms with E-state index < -0.39 is 0 Å². The maximum absolute atomic E-state index is 10.6. The summed E-state index contributed by atoms with van der Waals surface area (Å²) in [7, 11) is 0. The van der Waals surface area contributed by atoms with Crippen molar-refractivity contribution in [1.29, 1.82) is 0 Å². The van der Waals surface area contributed by atoms with Crippen LogP contribution in [0.2, 0.25) is 0 Å². The Kier molecular flexibility index (Phi) is 2.69. The van der Waals surface area contributed by atoms with E-state index in [9.17, 15) is 4.79 Å². The zero-order chi connectivity index (χ0) is 10.7. The summed E-state index contributed by atoms with van der Waals surface area (Å²) in [6.07, 6.45) is 1.91. The third-order valence-electron chi connectivity index (χ3n) is 2.29. The lowest BCUT2D eigenvalue weighted by molar-refractivity contribution is -0.117. The molecule has 0 radical (unpaired) electrons. The highest BCUT2D eigenvalue weighted by molar-refractivity contribution is 5.82. The lowest BCUT2D eigenvalue weighted by atomic mass is 10.1. The quantitative estimate of drug-likeness (QED) is 0.686. The number of hydrogen-bond acceptors (Lipinski definition) is 2. The van der Waals surface area contributed by atoms with E-state index >= 15 is 0 Å². The zero-order valence-electron chi connectivity index (χ0n) is 8.29. The van der Waals surface area contributed by atoms with E-state index in [1.165, 1.54) is 5.39 Å². The number of rotatable bonds is 4. The maximum Gasteiger partial charge on any atom is 0.231 e. The minimum absolute atomic E-state index is 0.205. The van der Waals surface area contributed by atoms with Crippen molar-refractivity contribution < 1.29 is 4.79 Å². The molecule has 1 heterocycles. The van der Waals surface area contributed by atoms with Gasteiger partial charge in [-0.3, -0.25) is 4.79 Å². The molecular weight excluding hydrogens is 190 g/mol. The first-order chi connectivity index (χ1) is 7.27. The molecule has 4 heteroatoms. The number of H-pyrrole nitrogens is 1. The van der Waals surface area contributed by atoms with Gasteiger partial charge in [0.25, 0.3) is 0 Å². The van der Waals surface area contributed by atoms with Crippen molar-refractivity contribution >= 4 is 16.8 Å². The van der Waals surface area contributed by atoms with Crippen molar-refractivity contribution in [1.82, 2.24) is 10.3 Å². The first kappa shape index (κ1) is 9.73. The van der Waals surface area contributed by atoms with Gasteiger partial charge in [0.2, 0.25) is 5.91 Å². The van der Waals surface area contributed by atoms with Gasteiger partial charge in [0, 0.05) is 18.3 Å². The fourth-order valence-corrected chi connectivity index (χ4v) is 1.62. The van der Waals surface area contributed by atoms with Crippen LogP contribution in [0.4, 0.5) is 0 Å². The van der Waals surface area contributed by atoms with Crippen LogP contribution in [-0.2, 0) is 11.3 Å². The van der Waals surface area contributed by atoms with E-state index in [1.54, 1.807) is 0 Å². The van der Waals surface area contributed by atoms with Crippen LogP contribution in [0.5, 0.6) is 0 Å². The number of amides is 1. The molecule has 0 saturated heterocycles. The average Bonchev–Trinajstić information content (AvgIpc) is 2.65. The molecule has 1 aromatic carbocycles. The molecule has 0 saturated carbocycles. The number of para-hydroxylation sites is 1. The Bertz CT molecular complexity index is 475. The van der Waals surface area contributed by atoms with Gasteiger partial charge in [-0.25, -0.2) is 0 Å². The number of aromatic amines is 1. The van der Waals surface area contributed by atoms with Gasteiger partial charge in [-0.1, -0.05) is 18.2 Å². The summed E-state index contributed by atoms with van der Waals surface area (Å²) >= 11 is 0. The van der Waals surface area contributed by atoms with Crippen LogP contribution in [0.3, 0.4) is 0 Å². The zero-order valence-corrected chi connectivity index (χ0v) is 8.29. The van der Waals surface area contributed by atoms with Crippen molar-refractivity contribution in [3.05, 3.63) is 36.0 Å². The smallest absolute Gasteiger partial charge is 0.231 e. The van der Waals surface area contributed by atoms with Gasteiger partial charge < -0.3 is 16.0 Å². The lowest BCUT2D eigenvalue weighted by Gasteiger charge is -2.03. The van der Waals surface area contributed by atoms with Gasteiger partial charge in [-0.05, 0) is 17.0 Å². The fourth-order valence-electron chi connectivity index (χ4n) is 1.62. The molecule has 4 nitrogen and oxygen atoms in total. The Morgan fingerprint density at radius 3 is 3.07 bits per heavy atom. The molecule has 1 amide bonds. The summed E-state index contributed by atoms with van der Waals surface area (Å²) < 4.78 is 0. The highest BCUT2D eigenvalue weighted by Crippen LogP contribution is 2.16. The molecule has 4 N–H and O–H groups in total. The minimum atomic E-state index is -0.339. The molecule has 0 aliphatic rings. The van der Waals surface area contributed by atoms with E-state index in [2.05, 4.69) is 10.3 Å². The molecule has 0 unspecified atom stereocenters. The number of aromatic nitrogens is 1. The van der Waals surface area contributed by atoms with Gasteiger partial charge in [0.15, 0.2) is 0 Å². The van der Waals surface area contributed by atoms with Crippen LogP contribution >= 0.6 is 0 Å². The monoisotopic (exact) mass is 203 g/mol. The Hall–Kier alpha value is -1.81. The third-order valence-corrected chi connectivity index (χ3v) is 2.29. The molecule has 2 aromatic rings. The van der Waals surface area contributed by atoms with Crippen LogP contribution < -0.4 is 11.1 Å². The SMILES string of the molecule is NC(=O)CNCc1cccc2cc[nH]c12. The largest absolute Gasteiger partial charge is 0.369 e. The van der Waals surface area contributed by atoms with Crippen LogP contribution in [0.25, 0.3) is 10.9 Å². The van der Waals surface area contributed by atoms with E-state index in [1.807, 2.05) is 30.5 Å². The summed E-state index contributed by atoms with van der Waals surface area (Å²) in [5, 5.41) is 4.16. The van der Waals surface area contributed by atoms with Crippen molar-refractivity contribution in [3.63, 3.8) is 0 Å². The van der Waals surface area contributed by atoms with Crippen LogP contribution in [-0.4, -0.2) is 17.4 Å². The van der Waals surface area contributed by atoms with Gasteiger partial charge in [-0.15, -0.1) is 0 Å². The van der Waals surface area contributed by atoms with Crippen LogP contribution in [0.15, 0.2) is 30.5 Å². The second-order valence-corrected chi connectivity index (χ2v) is 3.43. The second kappa shape index (κ2) is 4.14. The van der Waals surface area contributed by atoms with Crippen molar-refractivity contribution in [2.45, 2.75) is 6.54 Å². The molecule has 78 valence electrons. The number of hydrogen-bond donors (Lipinski definition) is 3. The number of nitrogens with one attached hydrogen (secondary N) is 2. The van der Waals surface area contributed by atoms with E-state index in [0.29, 0.717) is 6.54 Å². The summed E-state index contributed by atoms with van der Waals surface area (Å²) in [6, 6.07) is 8.08. The fraction of sp³-hybridized carbons (Fsp3) is 0.182. The first-order valence-electron chi connectivity index (χ1n) is 4.81. The molecule has 0 atom stereocenters. The average molecular weight is 203 g/mol. The van der Waals surface area contributed by atoms with E-state index in [4.69, 9.17) is 5.73 Å². The Labute approximate surface area is 87.5 Å². The van der Waals surface area contributed by atoms with E-state index in [0.717, 1.165) is 11.1 Å². The molecule has 15 heavy (non-hydrogen) atoms. The molecular formula is C11H13N3O. The predicted octanol–water partition coefficient (Wildman–Crippen LogP) is 0.743. The van der Waals surface area contributed by atoms with Crippen molar-refractivity contribution in [2.24, 2.45) is 5.73 Å². The number of primary amides is 1. The van der Waals surface area contributed by atoms with Gasteiger partial charge in [-0.2, -0.15) is 0 Å². The maximum atomic E-state index is 10.6. The minimum Gasteiger partial charge on any atom is -0.369 e. The Morgan fingerprint density at radius 2 is 2.27 bits per heavy atom. The van der Waals surface area contributed by atoms with Crippen LogP contribution in [0, 0.1) is 0 Å². The topological polar surface area (TPSA) is 70.9 Å². The molecule has 1 aromatic heterocycles. The second-order valence-electron chi connectivity index (χ2n) is 3.43. The number of carbonyl (C=O) groups excluding carboxylic acids is 1. The summed E-state index contributed by atoms with van der Waals surface area (Å²) in [5.41, 5.74) is 7.28. The third kappa shape index (κ3) is 2.16. The number of benzene rings is 1. The van der Waals surface area contributed by atoms with Crippen LogP contribution in [0.1, 0.15) is 5.56 Å². The van der Waals surface area contributed by atoms with Crippen molar-refractivity contribution in [3.8, 4) is 0 Å². The Morgan fingerprint density at radius 1 is 1.40 bits per heavy atom. The molecule has 0 fully saturated rings. The van der Waals surface area contributed by atoms with Gasteiger partial charge >= 0.3 is 0 Å². The highest BCUT2D eigenvalue weighted by Gasteiger charge is 2.01. The predicted molar refractivity (Wildman–Crippen MR) is 59.2 cm³/mol. The summed E-state index contributed by atoms with van der Waals surface area (Å²) in [5.74, 6) is -0.339. The first-order valence-corrected chi connectivity index (χ1v) is 4.81. The standard InChI is InChI=1S/C11H13N3O/c12-10(15)7-13-6-9-3-1-2-8-4-5-14-11(8)9/h1-5,13-14H,6-7H2,(H2,12,15). The van der Waals surface area contributed by atoms with Crippen molar-refractivity contribution in [2.75, 3.05) is 6.54 Å². The Balaban J connectivity index is 2.13. The molecule has 0 bridgehead atoms. The van der Waals surface area contributed by atoms with Gasteiger partial charge in [0.1, 0.15) is 0 Å². The molecule has 2 rings (SSSR count). The highest BCUT2D eigenvalue weighted by atomic mass is 16.1. The normalized spacial score (nSPS) is 10.7. The summed E-state index contributed by atoms with van der Waals surface area (Å²) in [6.45, 7) is 0.845. The van der Waals surface area contributed by atoms with Gasteiger partial charge in [0.05, 0.1) is 6.54 Å².